The summed E-state index contributed by atoms with van der Waals surface area (Å²) in [7, 11) is 0. The quantitative estimate of drug-likeness (QED) is 0.173. The van der Waals surface area contributed by atoms with Crippen molar-refractivity contribution in [1.82, 2.24) is 19.9 Å². The molecule has 0 saturated heterocycles. The lowest BCUT2D eigenvalue weighted by molar-refractivity contribution is 0.777. The fourth-order valence-corrected chi connectivity index (χ4v) is 5.98. The van der Waals surface area contributed by atoms with Crippen LogP contribution in [0.2, 0.25) is 0 Å². The lowest BCUT2D eigenvalue weighted by atomic mass is 10.0. The van der Waals surface area contributed by atoms with Gasteiger partial charge >= 0.3 is 0 Å². The minimum atomic E-state index is 0.914. The standard InChI is InChI=1S/C37H52N4/c1-7-12-16-27-26(6)38-31(11-5)28(17-13-8-2)33-22-23-35(40-33)30(19-15-10-4)37-25-24-36(41-37)29(18-14-9-3)34-21-20-32(27)39-34/h20-25,39-40H,7-19H2,1-6H3. The van der Waals surface area contributed by atoms with Crippen LogP contribution in [0, 0.1) is 6.92 Å². The molecule has 1 aliphatic rings. The van der Waals surface area contributed by atoms with Gasteiger partial charge in [0.1, 0.15) is 0 Å². The van der Waals surface area contributed by atoms with Gasteiger partial charge in [0.2, 0.25) is 0 Å². The highest BCUT2D eigenvalue weighted by Crippen LogP contribution is 2.27. The number of H-pyrrole nitrogens is 2. The summed E-state index contributed by atoms with van der Waals surface area (Å²) in [6.07, 6.45) is 18.8. The van der Waals surface area contributed by atoms with Crippen molar-refractivity contribution in [1.29, 1.82) is 0 Å². The monoisotopic (exact) mass is 552 g/mol. The molecule has 1 aliphatic heterocycles. The molecule has 4 heteroatoms. The molecule has 2 N–H and O–H groups in total. The fraction of sp³-hybridized carbons (Fsp3) is 0.514. The van der Waals surface area contributed by atoms with Crippen molar-refractivity contribution < 1.29 is 0 Å². The molecule has 3 aromatic heterocycles. The maximum Gasteiger partial charge on any atom is 0.0690 e. The van der Waals surface area contributed by atoms with Gasteiger partial charge in [-0.2, -0.15) is 0 Å². The molecule has 4 heterocycles. The average molecular weight is 553 g/mol. The number of hydrogen-bond acceptors (Lipinski definition) is 2. The number of aromatic nitrogens is 4. The smallest absolute Gasteiger partial charge is 0.0690 e. The second kappa shape index (κ2) is 15.2. The van der Waals surface area contributed by atoms with Gasteiger partial charge in [-0.25, -0.2) is 4.98 Å². The van der Waals surface area contributed by atoms with E-state index < -0.39 is 0 Å². The zero-order chi connectivity index (χ0) is 29.2. The number of fused-ring (bicyclic) bond motifs is 6. The third-order valence-corrected chi connectivity index (χ3v) is 8.47. The van der Waals surface area contributed by atoms with Crippen LogP contribution in [-0.4, -0.2) is 19.9 Å². The van der Waals surface area contributed by atoms with Crippen molar-refractivity contribution in [3.05, 3.63) is 69.3 Å². The summed E-state index contributed by atoms with van der Waals surface area (Å²) in [6.45, 7) is 13.5. The van der Waals surface area contributed by atoms with Crippen molar-refractivity contribution in [2.45, 2.75) is 125 Å². The Labute approximate surface area is 248 Å². The first-order valence-corrected chi connectivity index (χ1v) is 16.4. The van der Waals surface area contributed by atoms with Crippen LogP contribution in [0.4, 0.5) is 0 Å². The SMILES string of the molecule is CCCCc1c(C)nc(CC)c(CCCC)c2ccc([nH]2)c(CCCC)c2nc(c(CCCC)c3ccc1[nH]3)C=C2. The van der Waals surface area contributed by atoms with Crippen molar-refractivity contribution in [3.8, 4) is 0 Å². The van der Waals surface area contributed by atoms with E-state index in [0.29, 0.717) is 0 Å². The summed E-state index contributed by atoms with van der Waals surface area (Å²) < 4.78 is 0. The second-order valence-corrected chi connectivity index (χ2v) is 11.6. The summed E-state index contributed by atoms with van der Waals surface area (Å²) in [5.41, 5.74) is 14.7. The van der Waals surface area contributed by atoms with Crippen molar-refractivity contribution in [2.75, 3.05) is 0 Å². The van der Waals surface area contributed by atoms with Crippen LogP contribution in [0.25, 0.3) is 34.2 Å². The zero-order valence-corrected chi connectivity index (χ0v) is 26.6. The predicted octanol–water partition coefficient (Wildman–Crippen LogP) is 10.4. The lowest BCUT2D eigenvalue weighted by Gasteiger charge is -2.09. The fourth-order valence-electron chi connectivity index (χ4n) is 5.98. The van der Waals surface area contributed by atoms with Crippen LogP contribution in [0.15, 0.2) is 24.3 Å². The highest BCUT2D eigenvalue weighted by atomic mass is 14.8. The van der Waals surface area contributed by atoms with Gasteiger partial charge in [-0.15, -0.1) is 0 Å². The summed E-state index contributed by atoms with van der Waals surface area (Å²) in [5.74, 6) is 0. The van der Waals surface area contributed by atoms with Crippen molar-refractivity contribution >= 4 is 34.2 Å². The Bertz CT molecular complexity index is 1480. The highest BCUT2D eigenvalue weighted by Gasteiger charge is 2.14. The first-order valence-electron chi connectivity index (χ1n) is 16.4. The molecule has 0 fully saturated rings. The van der Waals surface area contributed by atoms with Gasteiger partial charge in [0.15, 0.2) is 0 Å². The predicted molar refractivity (Wildman–Crippen MR) is 178 cm³/mol. The van der Waals surface area contributed by atoms with Gasteiger partial charge in [-0.3, -0.25) is 4.98 Å². The number of unbranched alkanes of at least 4 members (excludes halogenated alkanes) is 4. The van der Waals surface area contributed by atoms with Crippen LogP contribution in [0.3, 0.4) is 0 Å². The molecule has 0 aliphatic carbocycles. The van der Waals surface area contributed by atoms with Gasteiger partial charge in [-0.1, -0.05) is 60.3 Å². The number of aromatic amines is 2. The van der Waals surface area contributed by atoms with Crippen LogP contribution in [0.5, 0.6) is 0 Å². The van der Waals surface area contributed by atoms with Gasteiger partial charge < -0.3 is 9.97 Å². The Morgan fingerprint density at radius 3 is 1.34 bits per heavy atom. The summed E-state index contributed by atoms with van der Waals surface area (Å²) in [5, 5.41) is 0. The molecule has 0 spiro atoms. The van der Waals surface area contributed by atoms with E-state index in [9.17, 15) is 0 Å². The minimum absolute atomic E-state index is 0.914. The Morgan fingerprint density at radius 1 is 0.512 bits per heavy atom. The maximum atomic E-state index is 5.40. The summed E-state index contributed by atoms with van der Waals surface area (Å²) in [4.78, 5) is 18.4. The summed E-state index contributed by atoms with van der Waals surface area (Å²) >= 11 is 0. The van der Waals surface area contributed by atoms with Crippen LogP contribution >= 0.6 is 0 Å². The lowest BCUT2D eigenvalue weighted by Crippen LogP contribution is -2.00. The van der Waals surface area contributed by atoms with Gasteiger partial charge in [-0.05, 0) is 112 Å². The third-order valence-electron chi connectivity index (χ3n) is 8.47. The van der Waals surface area contributed by atoms with E-state index in [1.807, 2.05) is 0 Å². The molecule has 3 aromatic rings. The minimum Gasteiger partial charge on any atom is -0.355 e. The van der Waals surface area contributed by atoms with E-state index in [4.69, 9.17) is 9.97 Å². The van der Waals surface area contributed by atoms with E-state index in [0.717, 1.165) is 87.7 Å². The average Bonchev–Trinajstić information content (AvgIpc) is 3.76. The molecule has 0 saturated carbocycles. The Morgan fingerprint density at radius 2 is 0.902 bits per heavy atom. The number of aryl methyl sites for hydroxylation is 6. The first kappa shape index (κ1) is 30.8. The molecule has 41 heavy (non-hydrogen) atoms. The number of nitrogens with zero attached hydrogens (tertiary/aromatic N) is 2. The Hall–Kier alpha value is -3.14. The topological polar surface area (TPSA) is 57.4 Å². The third kappa shape index (κ3) is 7.39. The summed E-state index contributed by atoms with van der Waals surface area (Å²) in [6, 6.07) is 9.11. The zero-order valence-electron chi connectivity index (χ0n) is 26.6. The Balaban J connectivity index is 2.17. The largest absolute Gasteiger partial charge is 0.355 e. The van der Waals surface area contributed by atoms with Crippen LogP contribution < -0.4 is 0 Å². The molecule has 4 nitrogen and oxygen atoms in total. The molecular weight excluding hydrogens is 500 g/mol. The highest BCUT2D eigenvalue weighted by molar-refractivity contribution is 5.80. The van der Waals surface area contributed by atoms with E-state index in [2.05, 4.69) is 87.9 Å². The molecule has 0 amide bonds. The van der Waals surface area contributed by atoms with Crippen molar-refractivity contribution in [2.24, 2.45) is 0 Å². The molecule has 0 aromatic carbocycles. The first-order chi connectivity index (χ1) is 20.0. The molecule has 0 radical (unpaired) electrons. The van der Waals surface area contributed by atoms with E-state index >= 15 is 0 Å². The molecule has 0 atom stereocenters. The molecule has 4 rings (SSSR count). The van der Waals surface area contributed by atoms with E-state index in [-0.39, 0.29) is 0 Å². The van der Waals surface area contributed by atoms with Gasteiger partial charge in [0, 0.05) is 44.6 Å². The van der Waals surface area contributed by atoms with Crippen molar-refractivity contribution in [3.63, 3.8) is 0 Å². The number of nitrogens with one attached hydrogen (secondary N) is 2. The molecular formula is C37H52N4. The molecule has 220 valence electrons. The number of hydrogen-bond donors (Lipinski definition) is 2. The van der Waals surface area contributed by atoms with Gasteiger partial charge in [0.25, 0.3) is 0 Å². The molecule has 6 bridgehead atoms. The maximum absolute atomic E-state index is 5.40. The van der Waals surface area contributed by atoms with Gasteiger partial charge in [0.05, 0.1) is 11.4 Å². The Kier molecular flexibility index (Phi) is 11.4. The molecule has 0 unspecified atom stereocenters. The van der Waals surface area contributed by atoms with Crippen LogP contribution in [-0.2, 0) is 32.1 Å². The second-order valence-electron chi connectivity index (χ2n) is 11.6. The number of rotatable bonds is 13. The van der Waals surface area contributed by atoms with E-state index in [1.54, 1.807) is 0 Å². The van der Waals surface area contributed by atoms with E-state index in [1.165, 1.54) is 62.9 Å². The normalized spacial score (nSPS) is 11.9. The van der Waals surface area contributed by atoms with Crippen LogP contribution in [0.1, 0.15) is 131 Å².